The summed E-state index contributed by atoms with van der Waals surface area (Å²) < 4.78 is 0. The summed E-state index contributed by atoms with van der Waals surface area (Å²) in [5.74, 6) is 1.74. The largest absolute Gasteiger partial charge is 0.100 e. The molecule has 1 unspecified atom stereocenters. The number of allylic oxidation sites excluding steroid dienone is 1. The Morgan fingerprint density at radius 3 is 2.08 bits per heavy atom. The molecular formula is C12H24. The van der Waals surface area contributed by atoms with Crippen molar-refractivity contribution >= 4 is 0 Å². The van der Waals surface area contributed by atoms with Crippen LogP contribution >= 0.6 is 0 Å². The fourth-order valence-corrected chi connectivity index (χ4v) is 1.25. The van der Waals surface area contributed by atoms with E-state index in [1.54, 1.807) is 0 Å². The second-order valence-corrected chi connectivity index (χ2v) is 4.57. The molecule has 0 rings (SSSR count). The SMILES string of the molecule is C=C(C)CCC(C)CCC(C)C. The lowest BCUT2D eigenvalue weighted by molar-refractivity contribution is 0.428. The standard InChI is InChI=1S/C12H24/c1-10(2)6-8-12(5)9-7-11(3)4/h11-12H,1,6-9H2,2-5H3. The molecule has 0 aliphatic heterocycles. The average molecular weight is 168 g/mol. The molecule has 0 aliphatic rings. The van der Waals surface area contributed by atoms with Crippen LogP contribution in [0.3, 0.4) is 0 Å². The summed E-state index contributed by atoms with van der Waals surface area (Å²) in [5.41, 5.74) is 1.33. The van der Waals surface area contributed by atoms with Crippen molar-refractivity contribution in [2.24, 2.45) is 11.8 Å². The van der Waals surface area contributed by atoms with Crippen LogP contribution in [0, 0.1) is 11.8 Å². The maximum Gasteiger partial charge on any atom is -0.0323 e. The van der Waals surface area contributed by atoms with E-state index in [9.17, 15) is 0 Å². The van der Waals surface area contributed by atoms with Crippen molar-refractivity contribution in [3.05, 3.63) is 12.2 Å². The van der Waals surface area contributed by atoms with Gasteiger partial charge in [-0.15, -0.1) is 6.58 Å². The van der Waals surface area contributed by atoms with E-state index in [0.29, 0.717) is 0 Å². The normalized spacial score (nSPS) is 13.4. The molecule has 0 aliphatic carbocycles. The van der Waals surface area contributed by atoms with Crippen LogP contribution in [0.2, 0.25) is 0 Å². The van der Waals surface area contributed by atoms with Crippen LogP contribution in [0.25, 0.3) is 0 Å². The van der Waals surface area contributed by atoms with E-state index in [2.05, 4.69) is 34.3 Å². The summed E-state index contributed by atoms with van der Waals surface area (Å²) in [6, 6.07) is 0. The second-order valence-electron chi connectivity index (χ2n) is 4.57. The van der Waals surface area contributed by atoms with Gasteiger partial charge in [0, 0.05) is 0 Å². The molecule has 0 nitrogen and oxygen atoms in total. The van der Waals surface area contributed by atoms with Gasteiger partial charge in [0.25, 0.3) is 0 Å². The Kier molecular flexibility index (Phi) is 6.14. The van der Waals surface area contributed by atoms with E-state index < -0.39 is 0 Å². The maximum absolute atomic E-state index is 3.92. The molecule has 0 spiro atoms. The Morgan fingerprint density at radius 1 is 1.08 bits per heavy atom. The molecule has 72 valence electrons. The molecule has 0 bridgehead atoms. The zero-order valence-corrected chi connectivity index (χ0v) is 9.19. The highest BCUT2D eigenvalue weighted by Gasteiger charge is 2.03. The van der Waals surface area contributed by atoms with E-state index in [4.69, 9.17) is 0 Å². The highest BCUT2D eigenvalue weighted by atomic mass is 14.1. The van der Waals surface area contributed by atoms with Crippen LogP contribution < -0.4 is 0 Å². The van der Waals surface area contributed by atoms with Crippen molar-refractivity contribution < 1.29 is 0 Å². The number of hydrogen-bond acceptors (Lipinski definition) is 0. The van der Waals surface area contributed by atoms with Crippen molar-refractivity contribution in [2.75, 3.05) is 0 Å². The van der Waals surface area contributed by atoms with E-state index in [1.807, 2.05) is 0 Å². The Hall–Kier alpha value is -0.260. The molecule has 0 aromatic heterocycles. The fraction of sp³-hybridized carbons (Fsp3) is 0.833. The quantitative estimate of drug-likeness (QED) is 0.515. The number of hydrogen-bond donors (Lipinski definition) is 0. The molecular weight excluding hydrogens is 144 g/mol. The van der Waals surface area contributed by atoms with Crippen LogP contribution in [0.1, 0.15) is 53.4 Å². The molecule has 12 heavy (non-hydrogen) atoms. The first kappa shape index (κ1) is 11.7. The summed E-state index contributed by atoms with van der Waals surface area (Å²) in [6.45, 7) is 13.0. The Morgan fingerprint density at radius 2 is 1.67 bits per heavy atom. The summed E-state index contributed by atoms with van der Waals surface area (Å²) >= 11 is 0. The molecule has 0 fully saturated rings. The van der Waals surface area contributed by atoms with Gasteiger partial charge < -0.3 is 0 Å². The molecule has 0 heterocycles. The van der Waals surface area contributed by atoms with E-state index in [1.165, 1.54) is 31.3 Å². The minimum Gasteiger partial charge on any atom is -0.100 e. The van der Waals surface area contributed by atoms with Crippen LogP contribution in [0.4, 0.5) is 0 Å². The summed E-state index contributed by atoms with van der Waals surface area (Å²) in [5, 5.41) is 0. The van der Waals surface area contributed by atoms with Gasteiger partial charge in [0.15, 0.2) is 0 Å². The topological polar surface area (TPSA) is 0 Å². The molecule has 0 radical (unpaired) electrons. The number of rotatable bonds is 6. The highest BCUT2D eigenvalue weighted by Crippen LogP contribution is 2.18. The molecule has 0 heteroatoms. The van der Waals surface area contributed by atoms with E-state index in [0.717, 1.165) is 11.8 Å². The first-order valence-electron chi connectivity index (χ1n) is 5.16. The first-order valence-corrected chi connectivity index (χ1v) is 5.16. The third kappa shape index (κ3) is 7.84. The maximum atomic E-state index is 3.92. The minimum atomic E-state index is 0.859. The van der Waals surface area contributed by atoms with Crippen molar-refractivity contribution in [1.82, 2.24) is 0 Å². The fourth-order valence-electron chi connectivity index (χ4n) is 1.25. The Balaban J connectivity index is 3.33. The van der Waals surface area contributed by atoms with Gasteiger partial charge in [0.05, 0.1) is 0 Å². The zero-order valence-electron chi connectivity index (χ0n) is 9.19. The molecule has 0 saturated carbocycles. The molecule has 0 aromatic carbocycles. The van der Waals surface area contributed by atoms with Gasteiger partial charge in [-0.05, 0) is 31.6 Å². The van der Waals surface area contributed by atoms with Gasteiger partial charge in [-0.2, -0.15) is 0 Å². The molecule has 0 aromatic rings. The minimum absolute atomic E-state index is 0.859. The zero-order chi connectivity index (χ0) is 9.56. The van der Waals surface area contributed by atoms with Crippen LogP contribution in [0.5, 0.6) is 0 Å². The monoisotopic (exact) mass is 168 g/mol. The lowest BCUT2D eigenvalue weighted by Gasteiger charge is -2.12. The van der Waals surface area contributed by atoms with Gasteiger partial charge in [-0.3, -0.25) is 0 Å². The molecule has 1 atom stereocenters. The van der Waals surface area contributed by atoms with Crippen molar-refractivity contribution in [2.45, 2.75) is 53.4 Å². The van der Waals surface area contributed by atoms with Gasteiger partial charge in [0.1, 0.15) is 0 Å². The van der Waals surface area contributed by atoms with Crippen LogP contribution in [-0.4, -0.2) is 0 Å². The van der Waals surface area contributed by atoms with Crippen LogP contribution in [-0.2, 0) is 0 Å². The van der Waals surface area contributed by atoms with E-state index in [-0.39, 0.29) is 0 Å². The third-order valence-electron chi connectivity index (χ3n) is 2.30. The Labute approximate surface area is 78.1 Å². The predicted octanol–water partition coefficient (Wildman–Crippen LogP) is 4.42. The second kappa shape index (κ2) is 6.28. The smallest absolute Gasteiger partial charge is 0.0323 e. The summed E-state index contributed by atoms with van der Waals surface area (Å²) in [4.78, 5) is 0. The van der Waals surface area contributed by atoms with Crippen molar-refractivity contribution in [1.29, 1.82) is 0 Å². The van der Waals surface area contributed by atoms with Gasteiger partial charge >= 0.3 is 0 Å². The first-order chi connectivity index (χ1) is 5.52. The molecule has 0 amide bonds. The Bertz CT molecular complexity index is 122. The van der Waals surface area contributed by atoms with Crippen molar-refractivity contribution in [3.8, 4) is 0 Å². The lowest BCUT2D eigenvalue weighted by Crippen LogP contribution is -1.98. The molecule has 0 saturated heterocycles. The van der Waals surface area contributed by atoms with Crippen LogP contribution in [0.15, 0.2) is 12.2 Å². The van der Waals surface area contributed by atoms with Gasteiger partial charge in [-0.25, -0.2) is 0 Å². The summed E-state index contributed by atoms with van der Waals surface area (Å²) in [7, 11) is 0. The van der Waals surface area contributed by atoms with Crippen molar-refractivity contribution in [3.63, 3.8) is 0 Å². The highest BCUT2D eigenvalue weighted by molar-refractivity contribution is 4.87. The summed E-state index contributed by atoms with van der Waals surface area (Å²) in [6.07, 6.45) is 5.28. The lowest BCUT2D eigenvalue weighted by atomic mass is 9.94. The molecule has 0 N–H and O–H groups in total. The average Bonchev–Trinajstić information content (AvgIpc) is 1.96. The predicted molar refractivity (Wildman–Crippen MR) is 57.3 cm³/mol. The van der Waals surface area contributed by atoms with Gasteiger partial charge in [0.2, 0.25) is 0 Å². The third-order valence-corrected chi connectivity index (χ3v) is 2.30. The van der Waals surface area contributed by atoms with Gasteiger partial charge in [-0.1, -0.05) is 39.2 Å². The van der Waals surface area contributed by atoms with E-state index >= 15 is 0 Å².